The number of fused-ring (bicyclic) bond motifs is 1. The van der Waals surface area contributed by atoms with Gasteiger partial charge in [0.25, 0.3) is 5.91 Å². The van der Waals surface area contributed by atoms with Crippen LogP contribution in [0.2, 0.25) is 5.02 Å². The molecule has 2 aromatic rings. The third-order valence-electron chi connectivity index (χ3n) is 4.35. The maximum Gasteiger partial charge on any atom is 0.349 e. The summed E-state index contributed by atoms with van der Waals surface area (Å²) < 4.78 is 5.21. The minimum absolute atomic E-state index is 0.0672. The number of rotatable bonds is 3. The number of likely N-dealkylation sites (tertiary alicyclic amines) is 1. The van der Waals surface area contributed by atoms with Gasteiger partial charge in [0, 0.05) is 48.5 Å². The Balaban J connectivity index is 1.95. The Hall–Kier alpha value is -1.89. The van der Waals surface area contributed by atoms with Gasteiger partial charge in [-0.25, -0.2) is 4.79 Å². The third-order valence-corrected chi connectivity index (χ3v) is 4.59. The van der Waals surface area contributed by atoms with Crippen LogP contribution in [0, 0.1) is 11.8 Å². The van der Waals surface area contributed by atoms with Crippen LogP contribution >= 0.6 is 11.6 Å². The smallest absolute Gasteiger partial charge is 0.349 e. The summed E-state index contributed by atoms with van der Waals surface area (Å²) in [4.78, 5) is 26.4. The SMILES string of the molecule is O=C(c1cc2cc(Cl)ccc2oc1=O)N1C[C@H](CO)C[C@H](CO)C1. The van der Waals surface area contributed by atoms with Crippen LogP contribution in [0.25, 0.3) is 11.0 Å². The molecule has 0 bridgehead atoms. The van der Waals surface area contributed by atoms with E-state index < -0.39 is 11.5 Å². The molecule has 3 rings (SSSR count). The lowest BCUT2D eigenvalue weighted by atomic mass is 9.90. The summed E-state index contributed by atoms with van der Waals surface area (Å²) in [6.45, 7) is 0.558. The van der Waals surface area contributed by atoms with Crippen LogP contribution in [0.3, 0.4) is 0 Å². The fourth-order valence-corrected chi connectivity index (χ4v) is 3.34. The molecule has 1 saturated heterocycles. The highest BCUT2D eigenvalue weighted by Gasteiger charge is 2.31. The molecule has 1 fully saturated rings. The van der Waals surface area contributed by atoms with Crippen molar-refractivity contribution in [2.45, 2.75) is 6.42 Å². The molecular formula is C17H18ClNO5. The molecule has 0 unspecified atom stereocenters. The standard InChI is InChI=1S/C17H18ClNO5/c18-13-1-2-15-12(4-13)5-14(17(23)24-15)16(22)19-6-10(8-20)3-11(7-19)9-21/h1-2,4-5,10-11,20-21H,3,6-9H2/t10-,11+. The monoisotopic (exact) mass is 351 g/mol. The van der Waals surface area contributed by atoms with Crippen molar-refractivity contribution >= 4 is 28.5 Å². The number of amides is 1. The van der Waals surface area contributed by atoms with Crippen LogP contribution in [0.4, 0.5) is 0 Å². The van der Waals surface area contributed by atoms with Gasteiger partial charge in [-0.2, -0.15) is 0 Å². The number of halogens is 1. The van der Waals surface area contributed by atoms with Gasteiger partial charge in [-0.1, -0.05) is 11.6 Å². The Morgan fingerprint density at radius 2 is 1.88 bits per heavy atom. The molecule has 0 spiro atoms. The van der Waals surface area contributed by atoms with Crippen LogP contribution < -0.4 is 5.63 Å². The highest BCUT2D eigenvalue weighted by atomic mass is 35.5. The summed E-state index contributed by atoms with van der Waals surface area (Å²) in [5.41, 5.74) is -0.414. The van der Waals surface area contributed by atoms with Crippen molar-refractivity contribution in [2.24, 2.45) is 11.8 Å². The number of hydrogen-bond donors (Lipinski definition) is 2. The first-order valence-electron chi connectivity index (χ1n) is 7.76. The van der Waals surface area contributed by atoms with E-state index >= 15 is 0 Å². The average molecular weight is 352 g/mol. The van der Waals surface area contributed by atoms with Gasteiger partial charge in [0.15, 0.2) is 0 Å². The second-order valence-corrected chi connectivity index (χ2v) is 6.61. The second-order valence-electron chi connectivity index (χ2n) is 6.17. The van der Waals surface area contributed by atoms with E-state index in [-0.39, 0.29) is 30.6 Å². The van der Waals surface area contributed by atoms with Crippen LogP contribution in [0.5, 0.6) is 0 Å². The number of aliphatic hydroxyl groups is 2. The lowest BCUT2D eigenvalue weighted by Crippen LogP contribution is -2.46. The highest BCUT2D eigenvalue weighted by molar-refractivity contribution is 6.31. The van der Waals surface area contributed by atoms with E-state index in [0.717, 1.165) is 0 Å². The number of piperidine rings is 1. The van der Waals surface area contributed by atoms with Crippen LogP contribution in [0.1, 0.15) is 16.8 Å². The normalized spacial score (nSPS) is 21.2. The summed E-state index contributed by atoms with van der Waals surface area (Å²) in [5, 5.41) is 19.8. The predicted octanol–water partition coefficient (Wildman–Crippen LogP) is 1.51. The van der Waals surface area contributed by atoms with Gasteiger partial charge in [-0.05, 0) is 30.7 Å². The molecule has 1 aromatic carbocycles. The zero-order chi connectivity index (χ0) is 17.3. The minimum Gasteiger partial charge on any atom is -0.422 e. The number of carbonyl (C=O) groups is 1. The molecule has 1 aromatic heterocycles. The number of nitrogens with zero attached hydrogens (tertiary/aromatic N) is 1. The molecule has 0 saturated carbocycles. The summed E-state index contributed by atoms with van der Waals surface area (Å²) in [6, 6.07) is 6.29. The molecule has 6 nitrogen and oxygen atoms in total. The van der Waals surface area contributed by atoms with E-state index in [2.05, 4.69) is 0 Å². The topological polar surface area (TPSA) is 91.0 Å². The fourth-order valence-electron chi connectivity index (χ4n) is 3.16. The van der Waals surface area contributed by atoms with Crippen molar-refractivity contribution in [1.82, 2.24) is 4.90 Å². The molecule has 1 amide bonds. The van der Waals surface area contributed by atoms with Crippen molar-refractivity contribution in [3.8, 4) is 0 Å². The maximum absolute atomic E-state index is 12.7. The average Bonchev–Trinajstić information content (AvgIpc) is 2.60. The molecule has 128 valence electrons. The van der Waals surface area contributed by atoms with Crippen LogP contribution in [0.15, 0.2) is 33.5 Å². The molecule has 0 radical (unpaired) electrons. The van der Waals surface area contributed by atoms with Gasteiger partial charge in [-0.3, -0.25) is 4.79 Å². The number of hydrogen-bond acceptors (Lipinski definition) is 5. The van der Waals surface area contributed by atoms with Gasteiger partial charge in [0.2, 0.25) is 0 Å². The van der Waals surface area contributed by atoms with E-state index in [1.807, 2.05) is 0 Å². The Morgan fingerprint density at radius 1 is 1.21 bits per heavy atom. The molecule has 2 atom stereocenters. The predicted molar refractivity (Wildman–Crippen MR) is 89.2 cm³/mol. The van der Waals surface area contributed by atoms with Crippen LogP contribution in [-0.4, -0.2) is 47.3 Å². The number of carbonyl (C=O) groups excluding carboxylic acids is 1. The summed E-state index contributed by atoms with van der Waals surface area (Å²) >= 11 is 5.94. The Kier molecular flexibility index (Phi) is 4.89. The van der Waals surface area contributed by atoms with Gasteiger partial charge < -0.3 is 19.5 Å². The largest absolute Gasteiger partial charge is 0.422 e. The quantitative estimate of drug-likeness (QED) is 0.818. The fraction of sp³-hybridized carbons (Fsp3) is 0.412. The van der Waals surface area contributed by atoms with Gasteiger partial charge in [0.1, 0.15) is 11.1 Å². The zero-order valence-electron chi connectivity index (χ0n) is 12.9. The van der Waals surface area contributed by atoms with Crippen molar-refractivity contribution in [2.75, 3.05) is 26.3 Å². The first kappa shape index (κ1) is 17.0. The first-order chi connectivity index (χ1) is 11.5. The summed E-state index contributed by atoms with van der Waals surface area (Å²) in [6.07, 6.45) is 0.652. The van der Waals surface area contributed by atoms with Crippen LogP contribution in [-0.2, 0) is 0 Å². The second kappa shape index (κ2) is 6.93. The zero-order valence-corrected chi connectivity index (χ0v) is 13.7. The van der Waals surface area contributed by atoms with E-state index in [1.165, 1.54) is 11.0 Å². The Morgan fingerprint density at radius 3 is 2.50 bits per heavy atom. The van der Waals surface area contributed by atoms with Gasteiger partial charge in [-0.15, -0.1) is 0 Å². The molecule has 1 aliphatic heterocycles. The molecule has 7 heteroatoms. The van der Waals surface area contributed by atoms with Gasteiger partial charge in [0.05, 0.1) is 0 Å². The van der Waals surface area contributed by atoms with Crippen molar-refractivity contribution in [3.05, 3.63) is 45.3 Å². The lowest BCUT2D eigenvalue weighted by Gasteiger charge is -2.36. The first-order valence-corrected chi connectivity index (χ1v) is 8.14. The highest BCUT2D eigenvalue weighted by Crippen LogP contribution is 2.24. The van der Waals surface area contributed by atoms with Crippen molar-refractivity contribution < 1.29 is 19.4 Å². The third kappa shape index (κ3) is 3.31. The van der Waals surface area contributed by atoms with E-state index in [0.29, 0.717) is 35.5 Å². The molecule has 0 aliphatic carbocycles. The molecule has 2 heterocycles. The van der Waals surface area contributed by atoms with E-state index in [1.54, 1.807) is 18.2 Å². The summed E-state index contributed by atoms with van der Waals surface area (Å²) in [5.74, 6) is -0.675. The van der Waals surface area contributed by atoms with Crippen molar-refractivity contribution in [3.63, 3.8) is 0 Å². The van der Waals surface area contributed by atoms with Crippen molar-refractivity contribution in [1.29, 1.82) is 0 Å². The molecule has 1 aliphatic rings. The Labute approximate surface area is 143 Å². The maximum atomic E-state index is 12.7. The summed E-state index contributed by atoms with van der Waals surface area (Å²) in [7, 11) is 0. The molecule has 24 heavy (non-hydrogen) atoms. The van der Waals surface area contributed by atoms with E-state index in [4.69, 9.17) is 16.0 Å². The number of aliphatic hydroxyl groups excluding tert-OH is 2. The van der Waals surface area contributed by atoms with E-state index in [9.17, 15) is 19.8 Å². The lowest BCUT2D eigenvalue weighted by molar-refractivity contribution is 0.0412. The minimum atomic E-state index is -0.707. The Bertz CT molecular complexity index is 806. The van der Waals surface area contributed by atoms with Gasteiger partial charge >= 0.3 is 5.63 Å². The molecular weight excluding hydrogens is 334 g/mol. The molecule has 2 N–H and O–H groups in total. The number of benzene rings is 1.